The number of hydrogen-bond donors (Lipinski definition) is 1. The third kappa shape index (κ3) is 1.34. The summed E-state index contributed by atoms with van der Waals surface area (Å²) in [5.74, 6) is -0.780. The Morgan fingerprint density at radius 1 is 1.45 bits per heavy atom. The predicted octanol–water partition coefficient (Wildman–Crippen LogP) is 1.93. The summed E-state index contributed by atoms with van der Waals surface area (Å²) in [4.78, 5) is 10.2. The van der Waals surface area contributed by atoms with Gasteiger partial charge >= 0.3 is 0 Å². The van der Waals surface area contributed by atoms with Crippen LogP contribution in [0.4, 0.5) is 14.6 Å². The number of benzene rings is 1. The normalized spacial score (nSPS) is 9.27. The third-order valence-corrected chi connectivity index (χ3v) is 1.27. The van der Waals surface area contributed by atoms with E-state index in [9.17, 15) is 13.7 Å². The summed E-state index contributed by atoms with van der Waals surface area (Å²) >= 11 is 0. The molecule has 0 fully saturated rings. The summed E-state index contributed by atoms with van der Waals surface area (Å²) in [5, 5.41) is 0. The number of carbonyl (C=O) groups is 1. The molecule has 58 valence electrons. The maximum absolute atomic E-state index is 12.6. The van der Waals surface area contributed by atoms with Crippen molar-refractivity contribution >= 4 is 12.0 Å². The van der Waals surface area contributed by atoms with Crippen molar-refractivity contribution in [3.05, 3.63) is 29.6 Å². The van der Waals surface area contributed by atoms with Crippen LogP contribution < -0.4 is 5.54 Å². The van der Waals surface area contributed by atoms with Gasteiger partial charge in [-0.3, -0.25) is 4.79 Å². The molecule has 0 aromatic heterocycles. The quantitative estimate of drug-likeness (QED) is 0.525. The minimum Gasteiger partial charge on any atom is -0.298 e. The SMILES string of the molecule is O=Cc1cccc(F)c1NF. The first-order valence-electron chi connectivity index (χ1n) is 2.90. The average Bonchev–Trinajstić information content (AvgIpc) is 2.04. The molecule has 0 aliphatic rings. The third-order valence-electron chi connectivity index (χ3n) is 1.27. The van der Waals surface area contributed by atoms with Gasteiger partial charge in [0.2, 0.25) is 0 Å². The molecule has 0 heterocycles. The maximum atomic E-state index is 12.6. The molecule has 0 aliphatic heterocycles. The van der Waals surface area contributed by atoms with Gasteiger partial charge in [-0.25, -0.2) is 9.93 Å². The Kier molecular flexibility index (Phi) is 2.15. The van der Waals surface area contributed by atoms with Crippen LogP contribution in [0.3, 0.4) is 0 Å². The molecular formula is C7H5F2NO. The Hall–Kier alpha value is -1.45. The zero-order valence-electron chi connectivity index (χ0n) is 5.47. The average molecular weight is 157 g/mol. The summed E-state index contributed by atoms with van der Waals surface area (Å²) in [6.07, 6.45) is 0.380. The monoisotopic (exact) mass is 157 g/mol. The van der Waals surface area contributed by atoms with Crippen LogP contribution in [0, 0.1) is 5.82 Å². The molecule has 1 N–H and O–H groups in total. The van der Waals surface area contributed by atoms with E-state index in [-0.39, 0.29) is 5.56 Å². The summed E-state index contributed by atoms with van der Waals surface area (Å²) in [7, 11) is 0. The number of nitrogens with one attached hydrogen (secondary N) is 1. The van der Waals surface area contributed by atoms with Crippen molar-refractivity contribution in [3.63, 3.8) is 0 Å². The molecule has 0 aliphatic carbocycles. The smallest absolute Gasteiger partial charge is 0.152 e. The van der Waals surface area contributed by atoms with E-state index in [2.05, 4.69) is 0 Å². The van der Waals surface area contributed by atoms with Gasteiger partial charge in [0.05, 0.1) is 0 Å². The zero-order valence-corrected chi connectivity index (χ0v) is 5.47. The van der Waals surface area contributed by atoms with E-state index >= 15 is 0 Å². The zero-order chi connectivity index (χ0) is 8.27. The highest BCUT2D eigenvalue weighted by atomic mass is 19.2. The minimum absolute atomic E-state index is 0.0347. The van der Waals surface area contributed by atoms with Gasteiger partial charge in [0.1, 0.15) is 11.5 Å². The molecule has 2 nitrogen and oxygen atoms in total. The molecule has 11 heavy (non-hydrogen) atoms. The van der Waals surface area contributed by atoms with E-state index in [0.29, 0.717) is 6.29 Å². The van der Waals surface area contributed by atoms with Crippen molar-refractivity contribution in [2.24, 2.45) is 0 Å². The molecule has 1 aromatic rings. The largest absolute Gasteiger partial charge is 0.298 e. The summed E-state index contributed by atoms with van der Waals surface area (Å²) in [6.45, 7) is 0. The molecule has 0 spiro atoms. The maximum Gasteiger partial charge on any atom is 0.152 e. The van der Waals surface area contributed by atoms with E-state index < -0.39 is 11.5 Å². The summed E-state index contributed by atoms with van der Waals surface area (Å²) in [6, 6.07) is 3.72. The summed E-state index contributed by atoms with van der Waals surface area (Å²) in [5.41, 5.74) is 0.659. The van der Waals surface area contributed by atoms with Crippen molar-refractivity contribution < 1.29 is 13.7 Å². The Balaban J connectivity index is 3.23. The molecule has 0 radical (unpaired) electrons. The fourth-order valence-corrected chi connectivity index (χ4v) is 0.739. The number of halogens is 2. The Labute approximate surface area is 61.8 Å². The first kappa shape index (κ1) is 7.65. The molecule has 0 bridgehead atoms. The number of carbonyl (C=O) groups excluding carboxylic acids is 1. The van der Waals surface area contributed by atoms with E-state index in [1.165, 1.54) is 12.1 Å². The standard InChI is InChI=1S/C7H5F2NO/c8-6-3-1-2-5(4-11)7(6)10-9/h1-4,10H. The van der Waals surface area contributed by atoms with Gasteiger partial charge in [0.25, 0.3) is 0 Å². The van der Waals surface area contributed by atoms with Crippen LogP contribution in [0.15, 0.2) is 18.2 Å². The lowest BCUT2D eigenvalue weighted by atomic mass is 10.2. The summed E-state index contributed by atoms with van der Waals surface area (Å²) < 4.78 is 24.4. The van der Waals surface area contributed by atoms with Crippen LogP contribution in [-0.4, -0.2) is 6.29 Å². The van der Waals surface area contributed by atoms with Crippen molar-refractivity contribution in [1.82, 2.24) is 0 Å². The Morgan fingerprint density at radius 3 is 2.64 bits per heavy atom. The van der Waals surface area contributed by atoms with E-state index in [4.69, 9.17) is 0 Å². The fraction of sp³-hybridized carbons (Fsp3) is 0. The van der Waals surface area contributed by atoms with Gasteiger partial charge in [-0.2, -0.15) is 0 Å². The molecule has 0 atom stereocenters. The van der Waals surface area contributed by atoms with Crippen molar-refractivity contribution in [1.29, 1.82) is 0 Å². The Bertz CT molecular complexity index is 275. The topological polar surface area (TPSA) is 29.1 Å². The minimum atomic E-state index is -0.780. The second-order valence-electron chi connectivity index (χ2n) is 1.92. The first-order chi connectivity index (χ1) is 5.29. The molecule has 0 amide bonds. The van der Waals surface area contributed by atoms with Crippen molar-refractivity contribution in [2.45, 2.75) is 0 Å². The van der Waals surface area contributed by atoms with Gasteiger partial charge < -0.3 is 0 Å². The molecule has 0 unspecified atom stereocenters. The number of para-hydroxylation sites is 1. The van der Waals surface area contributed by atoms with Gasteiger partial charge in [-0.1, -0.05) is 6.07 Å². The second kappa shape index (κ2) is 3.09. The fourth-order valence-electron chi connectivity index (χ4n) is 0.739. The lowest BCUT2D eigenvalue weighted by Gasteiger charge is -2.00. The van der Waals surface area contributed by atoms with Crippen LogP contribution >= 0.6 is 0 Å². The molecule has 1 rings (SSSR count). The highest BCUT2D eigenvalue weighted by Crippen LogP contribution is 2.17. The molecule has 0 saturated heterocycles. The van der Waals surface area contributed by atoms with E-state index in [1.54, 1.807) is 0 Å². The highest BCUT2D eigenvalue weighted by molar-refractivity contribution is 5.83. The van der Waals surface area contributed by atoms with Crippen LogP contribution in [0.2, 0.25) is 0 Å². The van der Waals surface area contributed by atoms with Gasteiger partial charge in [-0.15, -0.1) is 4.48 Å². The van der Waals surface area contributed by atoms with E-state index in [0.717, 1.165) is 11.6 Å². The Morgan fingerprint density at radius 2 is 2.18 bits per heavy atom. The number of anilines is 1. The highest BCUT2D eigenvalue weighted by Gasteiger charge is 2.05. The lowest BCUT2D eigenvalue weighted by Crippen LogP contribution is -1.93. The van der Waals surface area contributed by atoms with Gasteiger partial charge in [0, 0.05) is 5.56 Å². The number of hydrogen-bond acceptors (Lipinski definition) is 2. The molecule has 0 saturated carbocycles. The van der Waals surface area contributed by atoms with Crippen LogP contribution in [-0.2, 0) is 0 Å². The van der Waals surface area contributed by atoms with Crippen molar-refractivity contribution in [3.8, 4) is 0 Å². The van der Waals surface area contributed by atoms with Crippen LogP contribution in [0.1, 0.15) is 10.4 Å². The molecule has 4 heteroatoms. The van der Waals surface area contributed by atoms with E-state index in [1.807, 2.05) is 0 Å². The van der Waals surface area contributed by atoms with Gasteiger partial charge in [0.15, 0.2) is 6.29 Å². The second-order valence-corrected chi connectivity index (χ2v) is 1.92. The van der Waals surface area contributed by atoms with Crippen LogP contribution in [0.25, 0.3) is 0 Å². The van der Waals surface area contributed by atoms with Crippen molar-refractivity contribution in [2.75, 3.05) is 5.54 Å². The van der Waals surface area contributed by atoms with Crippen LogP contribution in [0.5, 0.6) is 0 Å². The molecular weight excluding hydrogens is 152 g/mol. The number of aldehydes is 1. The van der Waals surface area contributed by atoms with Gasteiger partial charge in [-0.05, 0) is 12.1 Å². The molecule has 1 aromatic carbocycles. The lowest BCUT2D eigenvalue weighted by molar-refractivity contribution is 0.112. The first-order valence-corrected chi connectivity index (χ1v) is 2.90. The number of rotatable bonds is 2. The predicted molar refractivity (Wildman–Crippen MR) is 36.5 cm³/mol.